The van der Waals surface area contributed by atoms with Gasteiger partial charge < -0.3 is 10.1 Å². The van der Waals surface area contributed by atoms with Crippen LogP contribution in [0.15, 0.2) is 48.7 Å². The first-order valence-electron chi connectivity index (χ1n) is 7.37. The number of nitrogens with one attached hydrogen (secondary N) is 1. The number of amides is 1. The van der Waals surface area contributed by atoms with E-state index in [0.29, 0.717) is 6.54 Å². The summed E-state index contributed by atoms with van der Waals surface area (Å²) in [7, 11) is 0. The molecule has 124 valence electrons. The van der Waals surface area contributed by atoms with Crippen molar-refractivity contribution >= 4 is 23.1 Å². The quantitative estimate of drug-likeness (QED) is 0.863. The van der Waals surface area contributed by atoms with Crippen molar-refractivity contribution in [1.29, 1.82) is 0 Å². The van der Waals surface area contributed by atoms with Crippen LogP contribution in [0.2, 0.25) is 0 Å². The summed E-state index contributed by atoms with van der Waals surface area (Å²) >= 11 is 0. The number of ether oxygens (including phenoxy) is 1. The van der Waals surface area contributed by atoms with Crippen LogP contribution in [-0.4, -0.2) is 16.7 Å². The second kappa shape index (κ2) is 8.67. The molecule has 0 radical (unpaired) electrons. The molecule has 0 aliphatic rings. The lowest BCUT2D eigenvalue weighted by molar-refractivity contribution is 0.0523. The maximum Gasteiger partial charge on any atom is 0.407 e. The first-order valence-corrected chi connectivity index (χ1v) is 7.37. The van der Waals surface area contributed by atoms with E-state index in [1.807, 2.05) is 51.1 Å². The normalized spacial score (nSPS) is 10.6. The summed E-state index contributed by atoms with van der Waals surface area (Å²) in [6, 6.07) is 14.1. The average Bonchev–Trinajstić information content (AvgIpc) is 2.45. The fourth-order valence-electron chi connectivity index (χ4n) is 2.03. The third-order valence-electron chi connectivity index (χ3n) is 2.94. The molecule has 0 aliphatic carbocycles. The molecule has 0 saturated heterocycles. The standard InChI is InChI=1S/C18H22N2O2.BrH/c1-18(2,3)22-17(21)20-13-15-9-10-19-16(12-15)11-14-7-5-4-6-8-14;/h4-10,12H,11,13H2,1-3H3,(H,20,21);1H. The third kappa shape index (κ3) is 7.28. The predicted octanol–water partition coefficient (Wildman–Crippen LogP) is 4.28. The highest BCUT2D eigenvalue weighted by molar-refractivity contribution is 8.93. The second-order valence-electron chi connectivity index (χ2n) is 6.17. The van der Waals surface area contributed by atoms with Gasteiger partial charge >= 0.3 is 6.09 Å². The highest BCUT2D eigenvalue weighted by atomic mass is 79.9. The number of carbonyl (C=O) groups excluding carboxylic acids is 1. The van der Waals surface area contributed by atoms with E-state index < -0.39 is 11.7 Å². The Morgan fingerprint density at radius 1 is 1.13 bits per heavy atom. The van der Waals surface area contributed by atoms with Crippen molar-refractivity contribution in [1.82, 2.24) is 10.3 Å². The van der Waals surface area contributed by atoms with Crippen molar-refractivity contribution in [2.24, 2.45) is 0 Å². The van der Waals surface area contributed by atoms with Crippen LogP contribution in [0.1, 0.15) is 37.6 Å². The molecule has 2 rings (SSSR count). The van der Waals surface area contributed by atoms with Crippen LogP contribution in [0.5, 0.6) is 0 Å². The minimum absolute atomic E-state index is 0. The van der Waals surface area contributed by atoms with Crippen LogP contribution >= 0.6 is 17.0 Å². The number of hydrogen-bond acceptors (Lipinski definition) is 3. The molecule has 0 atom stereocenters. The van der Waals surface area contributed by atoms with Gasteiger partial charge in [-0.3, -0.25) is 4.98 Å². The molecule has 2 aromatic rings. The number of carbonyl (C=O) groups is 1. The van der Waals surface area contributed by atoms with Crippen LogP contribution in [0.4, 0.5) is 4.79 Å². The lowest BCUT2D eigenvalue weighted by Gasteiger charge is -2.19. The van der Waals surface area contributed by atoms with Crippen molar-refractivity contribution in [2.75, 3.05) is 0 Å². The number of benzene rings is 1. The van der Waals surface area contributed by atoms with Gasteiger partial charge in [-0.05, 0) is 44.0 Å². The van der Waals surface area contributed by atoms with Crippen LogP contribution in [0, 0.1) is 0 Å². The first-order chi connectivity index (χ1) is 10.4. The Morgan fingerprint density at radius 2 is 1.83 bits per heavy atom. The minimum Gasteiger partial charge on any atom is -0.444 e. The maximum atomic E-state index is 11.7. The Hall–Kier alpha value is -1.88. The molecule has 0 aliphatic heterocycles. The molecule has 1 heterocycles. The molecule has 1 aromatic carbocycles. The summed E-state index contributed by atoms with van der Waals surface area (Å²) in [5.74, 6) is 0. The van der Waals surface area contributed by atoms with Gasteiger partial charge in [-0.1, -0.05) is 30.3 Å². The number of pyridine rings is 1. The molecule has 1 amide bonds. The van der Waals surface area contributed by atoms with Gasteiger partial charge in [0.25, 0.3) is 0 Å². The van der Waals surface area contributed by atoms with Gasteiger partial charge in [0.05, 0.1) is 0 Å². The lowest BCUT2D eigenvalue weighted by Crippen LogP contribution is -2.32. The molecule has 23 heavy (non-hydrogen) atoms. The van der Waals surface area contributed by atoms with E-state index >= 15 is 0 Å². The smallest absolute Gasteiger partial charge is 0.407 e. The summed E-state index contributed by atoms with van der Waals surface area (Å²) < 4.78 is 5.22. The molecule has 0 fully saturated rings. The van der Waals surface area contributed by atoms with E-state index in [4.69, 9.17) is 4.74 Å². The maximum absolute atomic E-state index is 11.7. The van der Waals surface area contributed by atoms with Gasteiger partial charge in [0.2, 0.25) is 0 Å². The van der Waals surface area contributed by atoms with Crippen LogP contribution in [0.3, 0.4) is 0 Å². The van der Waals surface area contributed by atoms with Crippen LogP contribution < -0.4 is 5.32 Å². The van der Waals surface area contributed by atoms with Gasteiger partial charge in [-0.2, -0.15) is 0 Å². The highest BCUT2D eigenvalue weighted by Crippen LogP contribution is 2.10. The fraction of sp³-hybridized carbons (Fsp3) is 0.333. The third-order valence-corrected chi connectivity index (χ3v) is 2.94. The topological polar surface area (TPSA) is 51.2 Å². The zero-order valence-corrected chi connectivity index (χ0v) is 15.4. The fourth-order valence-corrected chi connectivity index (χ4v) is 2.03. The van der Waals surface area contributed by atoms with Gasteiger partial charge in [-0.15, -0.1) is 17.0 Å². The molecule has 0 bridgehead atoms. The molecule has 1 N–H and O–H groups in total. The molecule has 0 saturated carbocycles. The molecule has 4 nitrogen and oxygen atoms in total. The highest BCUT2D eigenvalue weighted by Gasteiger charge is 2.15. The van der Waals surface area contributed by atoms with Crippen molar-refractivity contribution in [3.05, 3.63) is 65.5 Å². The van der Waals surface area contributed by atoms with Crippen LogP contribution in [-0.2, 0) is 17.7 Å². The SMILES string of the molecule is Br.CC(C)(C)OC(=O)NCc1ccnc(Cc2ccccc2)c1. The van der Waals surface area contributed by atoms with E-state index in [9.17, 15) is 4.79 Å². The predicted molar refractivity (Wildman–Crippen MR) is 96.9 cm³/mol. The average molecular weight is 379 g/mol. The van der Waals surface area contributed by atoms with E-state index in [1.165, 1.54) is 5.56 Å². The summed E-state index contributed by atoms with van der Waals surface area (Å²) in [5, 5.41) is 2.76. The number of nitrogens with zero attached hydrogens (tertiary/aromatic N) is 1. The number of aromatic nitrogens is 1. The first kappa shape index (κ1) is 19.2. The Morgan fingerprint density at radius 3 is 2.48 bits per heavy atom. The van der Waals surface area contributed by atoms with Crippen molar-refractivity contribution in [3.8, 4) is 0 Å². The molecular formula is C18H23BrN2O2. The van der Waals surface area contributed by atoms with Crippen molar-refractivity contribution in [2.45, 2.75) is 39.3 Å². The number of halogens is 1. The van der Waals surface area contributed by atoms with Gasteiger partial charge in [-0.25, -0.2) is 4.79 Å². The van der Waals surface area contributed by atoms with E-state index in [2.05, 4.69) is 22.4 Å². The van der Waals surface area contributed by atoms with E-state index in [-0.39, 0.29) is 17.0 Å². The number of rotatable bonds is 4. The number of hydrogen-bond donors (Lipinski definition) is 1. The Bertz CT molecular complexity index is 624. The minimum atomic E-state index is -0.485. The summed E-state index contributed by atoms with van der Waals surface area (Å²) in [6.07, 6.45) is 2.14. The Balaban J connectivity index is 0.00000264. The Labute approximate surface area is 148 Å². The van der Waals surface area contributed by atoms with Crippen molar-refractivity contribution in [3.63, 3.8) is 0 Å². The van der Waals surface area contributed by atoms with Crippen molar-refractivity contribution < 1.29 is 9.53 Å². The largest absolute Gasteiger partial charge is 0.444 e. The van der Waals surface area contributed by atoms with Gasteiger partial charge in [0.15, 0.2) is 0 Å². The van der Waals surface area contributed by atoms with E-state index in [0.717, 1.165) is 17.7 Å². The molecule has 5 heteroatoms. The molecule has 1 aromatic heterocycles. The van der Waals surface area contributed by atoms with Gasteiger partial charge in [0, 0.05) is 24.9 Å². The molecular weight excluding hydrogens is 356 g/mol. The Kier molecular flexibility index (Phi) is 7.23. The van der Waals surface area contributed by atoms with Crippen LogP contribution in [0.25, 0.3) is 0 Å². The number of alkyl carbamates (subject to hydrolysis) is 1. The summed E-state index contributed by atoms with van der Waals surface area (Å²) in [6.45, 7) is 5.96. The zero-order chi connectivity index (χ0) is 16.0. The summed E-state index contributed by atoms with van der Waals surface area (Å²) in [5.41, 5.74) is 2.72. The van der Waals surface area contributed by atoms with Gasteiger partial charge in [0.1, 0.15) is 5.60 Å². The van der Waals surface area contributed by atoms with E-state index in [1.54, 1.807) is 6.20 Å². The summed E-state index contributed by atoms with van der Waals surface area (Å²) in [4.78, 5) is 16.0. The molecule has 0 spiro atoms. The lowest BCUT2D eigenvalue weighted by atomic mass is 10.1. The monoisotopic (exact) mass is 378 g/mol. The zero-order valence-electron chi connectivity index (χ0n) is 13.7. The molecule has 0 unspecified atom stereocenters. The second-order valence-corrected chi connectivity index (χ2v) is 6.17.